The summed E-state index contributed by atoms with van der Waals surface area (Å²) in [5.74, 6) is 1.28. The minimum atomic E-state index is -0.103. The van der Waals surface area contributed by atoms with Crippen LogP contribution in [0.5, 0.6) is 11.5 Å². The molecule has 1 N–H and O–H groups in total. The summed E-state index contributed by atoms with van der Waals surface area (Å²) in [6.45, 7) is 4.01. The molecule has 1 aliphatic rings. The van der Waals surface area contributed by atoms with E-state index in [0.717, 1.165) is 17.7 Å². The maximum atomic E-state index is 12.7. The van der Waals surface area contributed by atoms with Crippen LogP contribution in [0.25, 0.3) is 0 Å². The summed E-state index contributed by atoms with van der Waals surface area (Å²) in [6, 6.07) is 10.0. The SMILES string of the molecule is COc1cc(C)c(NC(=O)[C@@H]2Cc3ccc(C)cc3S2)cc1OC. The molecule has 0 unspecified atom stereocenters. The van der Waals surface area contributed by atoms with Gasteiger partial charge in [0.2, 0.25) is 5.91 Å². The fourth-order valence-electron chi connectivity index (χ4n) is 2.81. The van der Waals surface area contributed by atoms with Crippen molar-refractivity contribution in [1.82, 2.24) is 0 Å². The molecule has 0 aromatic heterocycles. The van der Waals surface area contributed by atoms with E-state index < -0.39 is 0 Å². The van der Waals surface area contributed by atoms with Crippen LogP contribution >= 0.6 is 11.8 Å². The van der Waals surface area contributed by atoms with Gasteiger partial charge in [-0.1, -0.05) is 17.7 Å². The third-order valence-electron chi connectivity index (χ3n) is 4.18. The lowest BCUT2D eigenvalue weighted by molar-refractivity contribution is -0.115. The predicted molar refractivity (Wildman–Crippen MR) is 97.4 cm³/mol. The highest BCUT2D eigenvalue weighted by Crippen LogP contribution is 2.39. The monoisotopic (exact) mass is 343 g/mol. The summed E-state index contributed by atoms with van der Waals surface area (Å²) in [5.41, 5.74) is 4.16. The van der Waals surface area contributed by atoms with Crippen molar-refractivity contribution in [2.24, 2.45) is 0 Å². The van der Waals surface area contributed by atoms with Gasteiger partial charge in [-0.2, -0.15) is 0 Å². The highest BCUT2D eigenvalue weighted by molar-refractivity contribution is 8.01. The van der Waals surface area contributed by atoms with E-state index in [2.05, 4.69) is 30.4 Å². The van der Waals surface area contributed by atoms with Crippen LogP contribution in [0.4, 0.5) is 5.69 Å². The molecule has 0 bridgehead atoms. The van der Waals surface area contributed by atoms with Crippen LogP contribution in [0.2, 0.25) is 0 Å². The van der Waals surface area contributed by atoms with Crippen molar-refractivity contribution in [3.8, 4) is 11.5 Å². The first-order valence-corrected chi connectivity index (χ1v) is 8.69. The largest absolute Gasteiger partial charge is 0.493 e. The number of hydrogen-bond acceptors (Lipinski definition) is 4. The summed E-state index contributed by atoms with van der Waals surface area (Å²) >= 11 is 1.63. The van der Waals surface area contributed by atoms with Crippen LogP contribution in [0.3, 0.4) is 0 Å². The first-order chi connectivity index (χ1) is 11.5. The standard InChI is InChI=1S/C19H21NO3S/c1-11-5-6-13-9-18(24-17(13)7-11)19(21)20-14-10-16(23-4)15(22-3)8-12(14)2/h5-8,10,18H,9H2,1-4H3,(H,20,21)/t18-/m0/s1. The van der Waals surface area contributed by atoms with Gasteiger partial charge in [-0.3, -0.25) is 4.79 Å². The number of carbonyl (C=O) groups excluding carboxylic acids is 1. The number of methoxy groups -OCH3 is 2. The van der Waals surface area contributed by atoms with Gasteiger partial charge >= 0.3 is 0 Å². The molecule has 1 atom stereocenters. The van der Waals surface area contributed by atoms with Crippen molar-refractivity contribution < 1.29 is 14.3 Å². The molecule has 0 spiro atoms. The number of nitrogens with one attached hydrogen (secondary N) is 1. The minimum Gasteiger partial charge on any atom is -0.493 e. The Bertz CT molecular complexity index is 788. The van der Waals surface area contributed by atoms with Crippen LogP contribution in [0.15, 0.2) is 35.2 Å². The lowest BCUT2D eigenvalue weighted by Crippen LogP contribution is -2.25. The van der Waals surface area contributed by atoms with Gasteiger partial charge in [0.15, 0.2) is 11.5 Å². The minimum absolute atomic E-state index is 0.0178. The molecule has 2 aromatic rings. The van der Waals surface area contributed by atoms with E-state index in [1.807, 2.05) is 19.1 Å². The zero-order valence-corrected chi connectivity index (χ0v) is 15.1. The van der Waals surface area contributed by atoms with Crippen LogP contribution in [-0.4, -0.2) is 25.4 Å². The summed E-state index contributed by atoms with van der Waals surface area (Å²) in [7, 11) is 3.19. The number of amides is 1. The molecule has 0 saturated heterocycles. The van der Waals surface area contributed by atoms with Crippen molar-refractivity contribution >= 4 is 23.4 Å². The molecule has 3 rings (SSSR count). The Morgan fingerprint density at radius 2 is 1.83 bits per heavy atom. The molecule has 0 aliphatic carbocycles. The number of aryl methyl sites for hydroxylation is 2. The highest BCUT2D eigenvalue weighted by atomic mass is 32.2. The summed E-state index contributed by atoms with van der Waals surface area (Å²) in [4.78, 5) is 13.9. The molecule has 1 amide bonds. The third-order valence-corrected chi connectivity index (χ3v) is 5.48. The number of hydrogen-bond donors (Lipinski definition) is 1. The number of thioether (sulfide) groups is 1. The first kappa shape index (κ1) is 16.7. The van der Waals surface area contributed by atoms with Crippen molar-refractivity contribution in [2.75, 3.05) is 19.5 Å². The van der Waals surface area contributed by atoms with Crippen molar-refractivity contribution in [1.29, 1.82) is 0 Å². The van der Waals surface area contributed by atoms with E-state index in [9.17, 15) is 4.79 Å². The second kappa shape index (κ2) is 6.77. The van der Waals surface area contributed by atoms with E-state index in [1.54, 1.807) is 26.0 Å². The van der Waals surface area contributed by atoms with Crippen molar-refractivity contribution in [3.63, 3.8) is 0 Å². The Balaban J connectivity index is 1.76. The maximum Gasteiger partial charge on any atom is 0.238 e. The van der Waals surface area contributed by atoms with Gasteiger partial charge in [0.05, 0.1) is 19.5 Å². The summed E-state index contributed by atoms with van der Waals surface area (Å²) in [5, 5.41) is 2.93. The molecule has 5 heteroatoms. The first-order valence-electron chi connectivity index (χ1n) is 7.81. The molecule has 0 fully saturated rings. The van der Waals surface area contributed by atoms with Crippen LogP contribution in [-0.2, 0) is 11.2 Å². The van der Waals surface area contributed by atoms with Gasteiger partial charge in [-0.25, -0.2) is 0 Å². The molecular weight excluding hydrogens is 322 g/mol. The van der Waals surface area contributed by atoms with Gasteiger partial charge in [0.1, 0.15) is 0 Å². The number of rotatable bonds is 4. The Morgan fingerprint density at radius 3 is 2.54 bits per heavy atom. The van der Waals surface area contributed by atoms with E-state index >= 15 is 0 Å². The predicted octanol–water partition coefficient (Wildman–Crippen LogP) is 3.98. The van der Waals surface area contributed by atoms with Gasteiger partial charge in [-0.05, 0) is 43.5 Å². The zero-order valence-electron chi connectivity index (χ0n) is 14.3. The molecule has 24 heavy (non-hydrogen) atoms. The number of benzene rings is 2. The normalized spacial score (nSPS) is 15.8. The van der Waals surface area contributed by atoms with Gasteiger partial charge < -0.3 is 14.8 Å². The molecule has 1 heterocycles. The molecule has 4 nitrogen and oxygen atoms in total. The highest BCUT2D eigenvalue weighted by Gasteiger charge is 2.28. The number of ether oxygens (including phenoxy) is 2. The maximum absolute atomic E-state index is 12.7. The van der Waals surface area contributed by atoms with Crippen LogP contribution in [0.1, 0.15) is 16.7 Å². The Hall–Kier alpha value is -2.14. The molecule has 1 aliphatic heterocycles. The van der Waals surface area contributed by atoms with Crippen molar-refractivity contribution in [3.05, 3.63) is 47.0 Å². The van der Waals surface area contributed by atoms with Crippen LogP contribution in [0, 0.1) is 13.8 Å². The topological polar surface area (TPSA) is 47.6 Å². The number of anilines is 1. The second-order valence-corrected chi connectivity index (χ2v) is 7.18. The quantitative estimate of drug-likeness (QED) is 0.912. The molecular formula is C19H21NO3S. The average molecular weight is 343 g/mol. The van der Waals surface area contributed by atoms with Crippen LogP contribution < -0.4 is 14.8 Å². The van der Waals surface area contributed by atoms with Gasteiger partial charge in [-0.15, -0.1) is 11.8 Å². The van der Waals surface area contributed by atoms with Gasteiger partial charge in [0, 0.05) is 16.6 Å². The Morgan fingerprint density at radius 1 is 1.12 bits per heavy atom. The third kappa shape index (κ3) is 3.22. The van der Waals surface area contributed by atoms with E-state index in [0.29, 0.717) is 11.5 Å². The average Bonchev–Trinajstić information content (AvgIpc) is 2.99. The summed E-state index contributed by atoms with van der Waals surface area (Å²) in [6.07, 6.45) is 0.762. The molecule has 0 radical (unpaired) electrons. The number of carbonyl (C=O) groups is 1. The van der Waals surface area contributed by atoms with Crippen molar-refractivity contribution in [2.45, 2.75) is 30.4 Å². The lowest BCUT2D eigenvalue weighted by Gasteiger charge is -2.15. The zero-order chi connectivity index (χ0) is 17.3. The second-order valence-electron chi connectivity index (χ2n) is 5.93. The number of fused-ring (bicyclic) bond motifs is 1. The Labute approximate surface area is 146 Å². The fraction of sp³-hybridized carbons (Fsp3) is 0.316. The molecule has 126 valence electrons. The lowest BCUT2D eigenvalue weighted by atomic mass is 10.1. The smallest absolute Gasteiger partial charge is 0.238 e. The van der Waals surface area contributed by atoms with E-state index in [1.165, 1.54) is 16.0 Å². The molecule has 2 aromatic carbocycles. The van der Waals surface area contributed by atoms with Gasteiger partial charge in [0.25, 0.3) is 0 Å². The summed E-state index contributed by atoms with van der Waals surface area (Å²) < 4.78 is 10.6. The van der Waals surface area contributed by atoms with E-state index in [-0.39, 0.29) is 11.2 Å². The molecule has 0 saturated carbocycles. The van der Waals surface area contributed by atoms with E-state index in [4.69, 9.17) is 9.47 Å². The fourth-order valence-corrected chi connectivity index (χ4v) is 4.10. The Kier molecular flexibility index (Phi) is 4.71.